The maximum Gasteiger partial charge on any atom is 0.133 e. The summed E-state index contributed by atoms with van der Waals surface area (Å²) in [5.74, 6) is 0.146. The highest BCUT2D eigenvalue weighted by Crippen LogP contribution is 2.38. The van der Waals surface area contributed by atoms with Crippen molar-refractivity contribution in [2.75, 3.05) is 0 Å². The number of nitrogens with zero attached hydrogens (tertiary/aromatic N) is 6. The van der Waals surface area contributed by atoms with Crippen LogP contribution in [0.2, 0.25) is 0 Å². The van der Waals surface area contributed by atoms with Crippen LogP contribution < -0.4 is 0 Å². The van der Waals surface area contributed by atoms with Crippen LogP contribution in [0.4, 0.5) is 11.4 Å². The van der Waals surface area contributed by atoms with E-state index in [0.717, 1.165) is 11.1 Å². The fourth-order valence-corrected chi connectivity index (χ4v) is 4.60. The lowest BCUT2D eigenvalue weighted by Crippen LogP contribution is -2.12. The van der Waals surface area contributed by atoms with Crippen LogP contribution in [-0.4, -0.2) is 42.6 Å². The lowest BCUT2D eigenvalue weighted by Gasteiger charge is -2.21. The molecular weight excluding hydrogens is 548 g/mol. The maximum atomic E-state index is 11.2. The molecule has 8 heteroatoms. The SMILES string of the molecule is CC(C)(C)c1cc(C=Nc2ccccc2N=Cc2cc(C(C)(C)C)cc(-c3cnccn3)c2O)c(O)c(-c2cnccn2)c1. The average Bonchev–Trinajstić information content (AvgIpc) is 3.00. The zero-order valence-corrected chi connectivity index (χ0v) is 25.8. The van der Waals surface area contributed by atoms with Crippen molar-refractivity contribution in [1.29, 1.82) is 0 Å². The molecule has 0 aliphatic heterocycles. The molecule has 0 bridgehead atoms. The van der Waals surface area contributed by atoms with E-state index in [2.05, 4.69) is 61.5 Å². The Morgan fingerprint density at radius 1 is 0.591 bits per heavy atom. The van der Waals surface area contributed by atoms with Crippen molar-refractivity contribution in [3.05, 3.63) is 108 Å². The van der Waals surface area contributed by atoms with Gasteiger partial charge in [-0.25, -0.2) is 0 Å². The Balaban J connectivity index is 1.55. The Morgan fingerprint density at radius 3 is 1.34 bits per heavy atom. The minimum absolute atomic E-state index is 0.0729. The van der Waals surface area contributed by atoms with E-state index in [9.17, 15) is 10.2 Å². The van der Waals surface area contributed by atoms with Crippen molar-refractivity contribution in [2.24, 2.45) is 9.98 Å². The van der Waals surface area contributed by atoms with Gasteiger partial charge in [0, 0.05) is 59.5 Å². The molecular formula is C36H36N6O2. The van der Waals surface area contributed by atoms with Gasteiger partial charge in [-0.15, -0.1) is 0 Å². The van der Waals surface area contributed by atoms with Gasteiger partial charge in [-0.05, 0) is 58.4 Å². The highest BCUT2D eigenvalue weighted by molar-refractivity contribution is 5.93. The normalized spacial score (nSPS) is 12.3. The van der Waals surface area contributed by atoms with E-state index in [1.807, 2.05) is 48.5 Å². The van der Waals surface area contributed by atoms with Gasteiger partial charge in [0.1, 0.15) is 11.5 Å². The summed E-state index contributed by atoms with van der Waals surface area (Å²) in [6, 6.07) is 15.2. The van der Waals surface area contributed by atoms with E-state index in [4.69, 9.17) is 9.98 Å². The molecule has 3 aromatic carbocycles. The number of aliphatic imine (C=N–C) groups is 2. The summed E-state index contributed by atoms with van der Waals surface area (Å²) in [6.45, 7) is 12.7. The van der Waals surface area contributed by atoms with E-state index < -0.39 is 0 Å². The van der Waals surface area contributed by atoms with Crippen molar-refractivity contribution in [3.63, 3.8) is 0 Å². The topological polar surface area (TPSA) is 117 Å². The summed E-state index contributed by atoms with van der Waals surface area (Å²) >= 11 is 0. The lowest BCUT2D eigenvalue weighted by atomic mass is 9.84. The van der Waals surface area contributed by atoms with Crippen LogP contribution in [-0.2, 0) is 10.8 Å². The van der Waals surface area contributed by atoms with Crippen LogP contribution in [0, 0.1) is 0 Å². The molecule has 5 rings (SSSR count). The molecule has 0 aliphatic carbocycles. The molecule has 0 spiro atoms. The molecule has 0 amide bonds. The van der Waals surface area contributed by atoms with E-state index in [1.165, 1.54) is 0 Å². The van der Waals surface area contributed by atoms with Gasteiger partial charge >= 0.3 is 0 Å². The van der Waals surface area contributed by atoms with Gasteiger partial charge in [0.2, 0.25) is 0 Å². The number of benzene rings is 3. The predicted molar refractivity (Wildman–Crippen MR) is 177 cm³/mol. The zero-order chi connectivity index (χ0) is 31.5. The Hall–Kier alpha value is -5.24. The Kier molecular flexibility index (Phi) is 8.36. The summed E-state index contributed by atoms with van der Waals surface area (Å²) in [5.41, 5.74) is 6.35. The lowest BCUT2D eigenvalue weighted by molar-refractivity contribution is 0.474. The Bertz CT molecular complexity index is 1700. The Morgan fingerprint density at radius 2 is 1.00 bits per heavy atom. The monoisotopic (exact) mass is 584 g/mol. The highest BCUT2D eigenvalue weighted by atomic mass is 16.3. The third-order valence-electron chi connectivity index (χ3n) is 7.26. The van der Waals surface area contributed by atoms with E-state index in [1.54, 1.807) is 49.6 Å². The van der Waals surface area contributed by atoms with Gasteiger partial charge in [-0.2, -0.15) is 0 Å². The van der Waals surface area contributed by atoms with E-state index >= 15 is 0 Å². The fourth-order valence-electron chi connectivity index (χ4n) is 4.60. The standard InChI is InChI=1S/C36H36N6O2/c1-35(2,3)25-15-23(33(43)27(17-25)31-21-37-11-13-39-31)19-41-29-9-7-8-10-30(29)42-20-24-16-26(36(4,5)6)18-28(34(24)44)32-22-38-12-14-40-32/h7-22,43-44H,1-6H3. The van der Waals surface area contributed by atoms with Crippen LogP contribution in [0.1, 0.15) is 63.8 Å². The van der Waals surface area contributed by atoms with Crippen molar-refractivity contribution < 1.29 is 10.2 Å². The number of phenolic OH excluding ortho intramolecular Hbond substituents is 2. The highest BCUT2D eigenvalue weighted by Gasteiger charge is 2.21. The van der Waals surface area contributed by atoms with E-state index in [0.29, 0.717) is 45.0 Å². The molecule has 2 heterocycles. The van der Waals surface area contributed by atoms with E-state index in [-0.39, 0.29) is 22.3 Å². The first-order chi connectivity index (χ1) is 20.9. The summed E-state index contributed by atoms with van der Waals surface area (Å²) in [6.07, 6.45) is 13.0. The summed E-state index contributed by atoms with van der Waals surface area (Å²) in [7, 11) is 0. The molecule has 0 aliphatic rings. The van der Waals surface area contributed by atoms with Crippen LogP contribution in [0.15, 0.2) is 95.7 Å². The van der Waals surface area contributed by atoms with Gasteiger partial charge in [0.25, 0.3) is 0 Å². The molecule has 5 aromatic rings. The van der Waals surface area contributed by atoms with Crippen molar-refractivity contribution in [2.45, 2.75) is 52.4 Å². The first-order valence-corrected chi connectivity index (χ1v) is 14.4. The summed E-state index contributed by atoms with van der Waals surface area (Å²) < 4.78 is 0. The van der Waals surface area contributed by atoms with Crippen LogP contribution >= 0.6 is 0 Å². The molecule has 2 aromatic heterocycles. The maximum absolute atomic E-state index is 11.2. The largest absolute Gasteiger partial charge is 0.507 e. The van der Waals surface area contributed by atoms with Gasteiger partial charge in [-0.1, -0.05) is 53.7 Å². The van der Waals surface area contributed by atoms with Crippen molar-refractivity contribution in [1.82, 2.24) is 19.9 Å². The molecule has 0 saturated carbocycles. The predicted octanol–water partition coefficient (Wildman–Crippen LogP) is 8.11. The molecule has 0 radical (unpaired) electrons. The Labute approximate surface area is 258 Å². The minimum Gasteiger partial charge on any atom is -0.507 e. The molecule has 44 heavy (non-hydrogen) atoms. The van der Waals surface area contributed by atoms with Crippen LogP contribution in [0.5, 0.6) is 11.5 Å². The quantitative estimate of drug-likeness (QED) is 0.195. The molecule has 8 nitrogen and oxygen atoms in total. The molecule has 0 unspecified atom stereocenters. The number of hydrogen-bond donors (Lipinski definition) is 2. The van der Waals surface area contributed by atoms with Crippen LogP contribution in [0.3, 0.4) is 0 Å². The molecule has 222 valence electrons. The first kappa shape index (κ1) is 30.2. The number of aromatic hydroxyl groups is 2. The van der Waals surface area contributed by atoms with Crippen molar-refractivity contribution >= 4 is 23.8 Å². The number of rotatable bonds is 6. The number of para-hydroxylation sites is 2. The third-order valence-corrected chi connectivity index (χ3v) is 7.26. The summed E-state index contributed by atoms with van der Waals surface area (Å²) in [4.78, 5) is 26.6. The molecule has 0 atom stereocenters. The van der Waals surface area contributed by atoms with Gasteiger partial charge < -0.3 is 10.2 Å². The van der Waals surface area contributed by atoms with Crippen LogP contribution in [0.25, 0.3) is 22.5 Å². The second kappa shape index (κ2) is 12.2. The molecule has 2 N–H and O–H groups in total. The minimum atomic E-state index is -0.177. The average molecular weight is 585 g/mol. The molecule has 0 fully saturated rings. The first-order valence-electron chi connectivity index (χ1n) is 14.4. The zero-order valence-electron chi connectivity index (χ0n) is 25.8. The number of phenols is 2. The number of aromatic nitrogens is 4. The van der Waals surface area contributed by atoms with Gasteiger partial charge in [0.15, 0.2) is 0 Å². The van der Waals surface area contributed by atoms with Gasteiger partial charge in [-0.3, -0.25) is 29.9 Å². The third kappa shape index (κ3) is 6.70. The summed E-state index contributed by atoms with van der Waals surface area (Å²) in [5, 5.41) is 22.5. The number of hydrogen-bond acceptors (Lipinski definition) is 8. The fraction of sp³-hybridized carbons (Fsp3) is 0.222. The smallest absolute Gasteiger partial charge is 0.133 e. The van der Waals surface area contributed by atoms with Gasteiger partial charge in [0.05, 0.1) is 35.2 Å². The second-order valence-corrected chi connectivity index (χ2v) is 12.6. The molecule has 0 saturated heterocycles. The second-order valence-electron chi connectivity index (χ2n) is 12.6. The van der Waals surface area contributed by atoms with Crippen molar-refractivity contribution in [3.8, 4) is 34.0 Å².